The number of amidine groups is 1. The second-order valence-corrected chi connectivity index (χ2v) is 4.59. The Hall–Kier alpha value is -2.21. The van der Waals surface area contributed by atoms with Crippen LogP contribution in [0.1, 0.15) is 5.56 Å². The van der Waals surface area contributed by atoms with Gasteiger partial charge in [0.1, 0.15) is 5.58 Å². The van der Waals surface area contributed by atoms with Crippen LogP contribution in [-0.4, -0.2) is 5.17 Å². The smallest absolute Gasteiger partial charge is 0.345 e. The molecule has 0 spiro atoms. The van der Waals surface area contributed by atoms with Crippen molar-refractivity contribution in [1.29, 1.82) is 0 Å². The Kier molecular flexibility index (Phi) is 2.56. The van der Waals surface area contributed by atoms with Gasteiger partial charge in [0.2, 0.25) is 0 Å². The van der Waals surface area contributed by atoms with Crippen molar-refractivity contribution in [3.63, 3.8) is 0 Å². The summed E-state index contributed by atoms with van der Waals surface area (Å²) in [4.78, 5) is 11.9. The highest BCUT2D eigenvalue weighted by Gasteiger charge is 2.12. The van der Waals surface area contributed by atoms with Crippen molar-refractivity contribution in [2.45, 2.75) is 0 Å². The topological polar surface area (TPSA) is 80.6 Å². The fourth-order valence-electron chi connectivity index (χ4n) is 1.66. The summed E-state index contributed by atoms with van der Waals surface area (Å²) in [6, 6.07) is 9.13. The number of benzene rings is 1. The Labute approximate surface area is 106 Å². The number of nitrogens with two attached hydrogens (primary N) is 1. The van der Waals surface area contributed by atoms with Gasteiger partial charge in [0.15, 0.2) is 5.17 Å². The molecule has 0 radical (unpaired) electrons. The van der Waals surface area contributed by atoms with E-state index in [9.17, 15) is 4.79 Å². The van der Waals surface area contributed by atoms with Gasteiger partial charge in [-0.1, -0.05) is 30.0 Å². The molecule has 18 heavy (non-hydrogen) atoms. The normalized spacial score (nSPS) is 14.9. The summed E-state index contributed by atoms with van der Waals surface area (Å²) in [6.45, 7) is 0. The van der Waals surface area contributed by atoms with Crippen LogP contribution >= 0.6 is 11.8 Å². The number of thioether (sulfide) groups is 1. The minimum absolute atomic E-state index is 0.399. The standard InChI is InChI=1S/C12H9N3O2S/c13-12-15-14-9(6-18-12)8-5-7-3-1-2-4-10(7)17-11(8)16/h1-6,14H,(H2,13,15). The van der Waals surface area contributed by atoms with Gasteiger partial charge in [0.05, 0.1) is 11.3 Å². The Bertz CT molecular complexity index is 733. The van der Waals surface area contributed by atoms with Crippen molar-refractivity contribution in [3.05, 3.63) is 51.7 Å². The number of hydrogen-bond donors (Lipinski definition) is 2. The lowest BCUT2D eigenvalue weighted by Gasteiger charge is -2.11. The summed E-state index contributed by atoms with van der Waals surface area (Å²) in [6.07, 6.45) is 0. The van der Waals surface area contributed by atoms with E-state index >= 15 is 0 Å². The van der Waals surface area contributed by atoms with Crippen LogP contribution in [0.5, 0.6) is 0 Å². The van der Waals surface area contributed by atoms with Gasteiger partial charge in [0.25, 0.3) is 0 Å². The lowest BCUT2D eigenvalue weighted by molar-refractivity contribution is 0.557. The third-order valence-corrected chi connectivity index (χ3v) is 3.20. The number of fused-ring (bicyclic) bond motifs is 1. The molecule has 2 heterocycles. The molecule has 0 amide bonds. The van der Waals surface area contributed by atoms with Gasteiger partial charge in [-0.3, -0.25) is 5.43 Å². The Balaban J connectivity index is 2.13. The van der Waals surface area contributed by atoms with Gasteiger partial charge in [-0.15, -0.1) is 0 Å². The van der Waals surface area contributed by atoms with E-state index in [1.807, 2.05) is 18.2 Å². The zero-order valence-electron chi connectivity index (χ0n) is 9.21. The van der Waals surface area contributed by atoms with E-state index in [2.05, 4.69) is 10.5 Å². The first-order chi connectivity index (χ1) is 8.74. The maximum Gasteiger partial charge on any atom is 0.345 e. The molecule has 0 atom stereocenters. The molecular weight excluding hydrogens is 250 g/mol. The predicted octanol–water partition coefficient (Wildman–Crippen LogP) is 1.66. The molecular formula is C12H9N3O2S. The molecule has 1 aliphatic heterocycles. The van der Waals surface area contributed by atoms with Crippen LogP contribution in [0.2, 0.25) is 0 Å². The minimum atomic E-state index is -0.399. The van der Waals surface area contributed by atoms with Crippen LogP contribution in [0.4, 0.5) is 0 Å². The highest BCUT2D eigenvalue weighted by molar-refractivity contribution is 8.16. The minimum Gasteiger partial charge on any atom is -0.422 e. The van der Waals surface area contributed by atoms with E-state index in [1.165, 1.54) is 11.8 Å². The highest BCUT2D eigenvalue weighted by atomic mass is 32.2. The average Bonchev–Trinajstić information content (AvgIpc) is 2.39. The second-order valence-electron chi connectivity index (χ2n) is 3.70. The lowest BCUT2D eigenvalue weighted by Crippen LogP contribution is -2.20. The van der Waals surface area contributed by atoms with Gasteiger partial charge in [-0.05, 0) is 12.1 Å². The first-order valence-electron chi connectivity index (χ1n) is 5.23. The van der Waals surface area contributed by atoms with E-state index in [4.69, 9.17) is 10.2 Å². The van der Waals surface area contributed by atoms with E-state index in [-0.39, 0.29) is 0 Å². The maximum atomic E-state index is 11.9. The van der Waals surface area contributed by atoms with E-state index < -0.39 is 5.63 Å². The van der Waals surface area contributed by atoms with Crippen molar-refractivity contribution in [1.82, 2.24) is 5.43 Å². The first kappa shape index (κ1) is 10.9. The van der Waals surface area contributed by atoms with Crippen molar-refractivity contribution in [3.8, 4) is 0 Å². The molecule has 1 aromatic heterocycles. The van der Waals surface area contributed by atoms with E-state index in [0.717, 1.165) is 5.39 Å². The van der Waals surface area contributed by atoms with Gasteiger partial charge >= 0.3 is 5.63 Å². The molecule has 0 bridgehead atoms. The van der Waals surface area contributed by atoms with Crippen molar-refractivity contribution >= 4 is 33.6 Å². The largest absolute Gasteiger partial charge is 0.422 e. The molecule has 0 saturated carbocycles. The number of hydrogen-bond acceptors (Lipinski definition) is 6. The molecule has 5 nitrogen and oxygen atoms in total. The van der Waals surface area contributed by atoms with Gasteiger partial charge in [-0.25, -0.2) is 4.79 Å². The van der Waals surface area contributed by atoms with Crippen LogP contribution in [0.15, 0.2) is 50.1 Å². The Morgan fingerprint density at radius 2 is 2.17 bits per heavy atom. The van der Waals surface area contributed by atoms with Crippen LogP contribution in [0.3, 0.4) is 0 Å². The maximum absolute atomic E-state index is 11.9. The summed E-state index contributed by atoms with van der Waals surface area (Å²) in [5, 5.41) is 6.88. The number of rotatable bonds is 1. The van der Waals surface area contributed by atoms with Crippen LogP contribution in [-0.2, 0) is 0 Å². The molecule has 0 unspecified atom stereocenters. The molecule has 0 aliphatic carbocycles. The van der Waals surface area contributed by atoms with E-state index in [0.29, 0.717) is 22.0 Å². The molecule has 1 aromatic carbocycles. The molecule has 2 aromatic rings. The Morgan fingerprint density at radius 1 is 1.33 bits per heavy atom. The van der Waals surface area contributed by atoms with Crippen molar-refractivity contribution < 1.29 is 4.42 Å². The van der Waals surface area contributed by atoms with Crippen molar-refractivity contribution in [2.24, 2.45) is 10.8 Å². The molecule has 0 saturated heterocycles. The molecule has 6 heteroatoms. The van der Waals surface area contributed by atoms with Gasteiger partial charge in [-0.2, -0.15) is 5.10 Å². The number of hydrazone groups is 1. The SMILES string of the molecule is NC1=NNC(c2cc3ccccc3oc2=O)=CS1. The fourth-order valence-corrected chi connectivity index (χ4v) is 2.18. The van der Waals surface area contributed by atoms with Gasteiger partial charge < -0.3 is 10.2 Å². The number of nitrogens with zero attached hydrogens (tertiary/aromatic N) is 1. The summed E-state index contributed by atoms with van der Waals surface area (Å²) in [5.41, 5.74) is 9.44. The Morgan fingerprint density at radius 3 is 2.94 bits per heavy atom. The third kappa shape index (κ3) is 1.86. The second kappa shape index (κ2) is 4.23. The predicted molar refractivity (Wildman–Crippen MR) is 72.8 cm³/mol. The van der Waals surface area contributed by atoms with Crippen LogP contribution < -0.4 is 16.8 Å². The van der Waals surface area contributed by atoms with Gasteiger partial charge in [0, 0.05) is 10.8 Å². The van der Waals surface area contributed by atoms with Crippen molar-refractivity contribution in [2.75, 3.05) is 0 Å². The fraction of sp³-hybridized carbons (Fsp3) is 0. The van der Waals surface area contributed by atoms with Crippen LogP contribution in [0.25, 0.3) is 16.7 Å². The van der Waals surface area contributed by atoms with Crippen LogP contribution in [0, 0.1) is 0 Å². The highest BCUT2D eigenvalue weighted by Crippen LogP contribution is 2.20. The van der Waals surface area contributed by atoms with E-state index in [1.54, 1.807) is 17.5 Å². The molecule has 3 rings (SSSR count). The molecule has 0 fully saturated rings. The number of nitrogens with one attached hydrogen (secondary N) is 1. The summed E-state index contributed by atoms with van der Waals surface area (Å²) in [5.74, 6) is 0. The third-order valence-electron chi connectivity index (χ3n) is 2.52. The summed E-state index contributed by atoms with van der Waals surface area (Å²) < 4.78 is 5.25. The zero-order chi connectivity index (χ0) is 12.5. The molecule has 1 aliphatic rings. The average molecular weight is 259 g/mol. The lowest BCUT2D eigenvalue weighted by atomic mass is 10.1. The first-order valence-corrected chi connectivity index (χ1v) is 6.11. The summed E-state index contributed by atoms with van der Waals surface area (Å²) in [7, 11) is 0. The molecule has 3 N–H and O–H groups in total. The number of para-hydroxylation sites is 1. The monoisotopic (exact) mass is 259 g/mol. The quantitative estimate of drug-likeness (QED) is 0.761. The molecule has 90 valence electrons. The zero-order valence-corrected chi connectivity index (χ0v) is 10.0. The summed E-state index contributed by atoms with van der Waals surface area (Å²) >= 11 is 1.26.